The van der Waals surface area contributed by atoms with Crippen molar-refractivity contribution in [2.45, 2.75) is 6.54 Å². The number of nitrogens with one attached hydrogen (secondary N) is 1. The lowest BCUT2D eigenvalue weighted by Crippen LogP contribution is -2.41. The number of carboxylic acid groups (broad SMARTS) is 1. The second-order valence-corrected chi connectivity index (χ2v) is 8.88. The van der Waals surface area contributed by atoms with Crippen molar-refractivity contribution in [2.24, 2.45) is 0 Å². The first kappa shape index (κ1) is 24.0. The van der Waals surface area contributed by atoms with Gasteiger partial charge in [0.2, 0.25) is 5.95 Å². The lowest BCUT2D eigenvalue weighted by Gasteiger charge is -2.15. The van der Waals surface area contributed by atoms with Gasteiger partial charge in [-0.15, -0.1) is 0 Å². The van der Waals surface area contributed by atoms with Crippen molar-refractivity contribution in [1.29, 1.82) is 0 Å². The Kier molecular flexibility index (Phi) is 6.53. The number of nitrogens with zero attached hydrogens (tertiary/aromatic N) is 5. The molecular formula is C23H15ClN6O6S. The number of aromatic carboxylic acids is 1. The van der Waals surface area contributed by atoms with Gasteiger partial charge in [0.1, 0.15) is 16.9 Å². The molecule has 0 fully saturated rings. The summed E-state index contributed by atoms with van der Waals surface area (Å²) in [5.74, 6) is -0.669. The van der Waals surface area contributed by atoms with Crippen molar-refractivity contribution < 1.29 is 19.2 Å². The van der Waals surface area contributed by atoms with E-state index in [2.05, 4.69) is 20.4 Å². The molecule has 0 spiro atoms. The van der Waals surface area contributed by atoms with Gasteiger partial charge < -0.3 is 19.7 Å². The quantitative estimate of drug-likeness (QED) is 0.298. The molecule has 2 aromatic carbocycles. The summed E-state index contributed by atoms with van der Waals surface area (Å²) in [6.45, 7) is 0.0839. The highest BCUT2D eigenvalue weighted by molar-refractivity contribution is 7.15. The van der Waals surface area contributed by atoms with Crippen molar-refractivity contribution in [3.8, 4) is 16.8 Å². The average molecular weight is 539 g/mol. The van der Waals surface area contributed by atoms with Gasteiger partial charge in [-0.2, -0.15) is 9.55 Å². The first-order chi connectivity index (χ1) is 17.9. The molecule has 5 aromatic rings. The van der Waals surface area contributed by atoms with Crippen LogP contribution in [0, 0.1) is 0 Å². The number of ether oxygens (including phenoxy) is 1. The fourth-order valence-corrected chi connectivity index (χ4v) is 4.01. The van der Waals surface area contributed by atoms with Crippen LogP contribution >= 0.6 is 22.9 Å². The lowest BCUT2D eigenvalue weighted by atomic mass is 10.2. The maximum atomic E-state index is 13.3. The Morgan fingerprint density at radius 2 is 1.86 bits per heavy atom. The molecule has 0 saturated carbocycles. The third-order valence-corrected chi connectivity index (χ3v) is 6.10. The molecule has 0 aliphatic heterocycles. The minimum atomic E-state index is -1.09. The zero-order valence-electron chi connectivity index (χ0n) is 18.6. The van der Waals surface area contributed by atoms with E-state index in [9.17, 15) is 14.4 Å². The monoisotopic (exact) mass is 538 g/mol. The predicted molar refractivity (Wildman–Crippen MR) is 134 cm³/mol. The Morgan fingerprint density at radius 3 is 2.51 bits per heavy atom. The molecule has 12 nitrogen and oxygen atoms in total. The third kappa shape index (κ3) is 5.27. The van der Waals surface area contributed by atoms with Crippen molar-refractivity contribution in [3.05, 3.63) is 103 Å². The van der Waals surface area contributed by atoms with Gasteiger partial charge in [0.15, 0.2) is 5.82 Å². The highest BCUT2D eigenvalue weighted by atomic mass is 35.5. The largest absolute Gasteiger partial charge is 0.477 e. The molecule has 0 bridgehead atoms. The minimum Gasteiger partial charge on any atom is -0.477 e. The van der Waals surface area contributed by atoms with E-state index in [0.717, 1.165) is 21.5 Å². The molecule has 3 aromatic heterocycles. The van der Waals surface area contributed by atoms with E-state index in [1.807, 2.05) is 0 Å². The smallest absolute Gasteiger partial charge is 0.360 e. The second-order valence-electron chi connectivity index (χ2n) is 7.45. The summed E-state index contributed by atoms with van der Waals surface area (Å²) in [6, 6.07) is 14.8. The molecule has 0 aliphatic carbocycles. The molecule has 0 amide bonds. The maximum absolute atomic E-state index is 13.3. The van der Waals surface area contributed by atoms with E-state index < -0.39 is 17.3 Å². The van der Waals surface area contributed by atoms with Crippen LogP contribution in [0.15, 0.2) is 81.2 Å². The Balaban J connectivity index is 1.46. The summed E-state index contributed by atoms with van der Waals surface area (Å²) < 4.78 is 12.5. The Bertz CT molecular complexity index is 1680. The molecule has 186 valence electrons. The fraction of sp³-hybridized carbons (Fsp3) is 0.0435. The van der Waals surface area contributed by atoms with Gasteiger partial charge in [-0.05, 0) is 42.0 Å². The SMILES string of the molecule is O=C(O)c1cnc(Oc2ccc(Nc3nc(=O)n(-c4ccon4)c(=O)n3Cc3ccc(Cl)cc3)cc2)s1. The van der Waals surface area contributed by atoms with Gasteiger partial charge in [-0.3, -0.25) is 4.57 Å². The summed E-state index contributed by atoms with van der Waals surface area (Å²) in [5, 5.41) is 16.4. The summed E-state index contributed by atoms with van der Waals surface area (Å²) >= 11 is 6.88. The van der Waals surface area contributed by atoms with Gasteiger partial charge in [-0.1, -0.05) is 40.2 Å². The fourth-order valence-electron chi connectivity index (χ4n) is 3.26. The molecule has 3 heterocycles. The molecule has 0 radical (unpaired) electrons. The van der Waals surface area contributed by atoms with Gasteiger partial charge in [0.05, 0.1) is 12.7 Å². The molecule has 14 heteroatoms. The van der Waals surface area contributed by atoms with Gasteiger partial charge in [-0.25, -0.2) is 19.4 Å². The highest BCUT2D eigenvalue weighted by Crippen LogP contribution is 2.28. The lowest BCUT2D eigenvalue weighted by molar-refractivity contribution is 0.0702. The van der Waals surface area contributed by atoms with Crippen molar-refractivity contribution >= 4 is 40.5 Å². The van der Waals surface area contributed by atoms with Crippen molar-refractivity contribution in [3.63, 3.8) is 0 Å². The minimum absolute atomic E-state index is 0.00406. The molecule has 0 atom stereocenters. The zero-order valence-corrected chi connectivity index (χ0v) is 20.1. The highest BCUT2D eigenvalue weighted by Gasteiger charge is 2.17. The van der Waals surface area contributed by atoms with Crippen LogP contribution in [0.2, 0.25) is 5.02 Å². The van der Waals surface area contributed by atoms with Gasteiger partial charge >= 0.3 is 17.3 Å². The van der Waals surface area contributed by atoms with E-state index in [-0.39, 0.29) is 28.4 Å². The number of carboxylic acids is 1. The topological polar surface area (TPSA) is 154 Å². The first-order valence-corrected chi connectivity index (χ1v) is 11.7. The van der Waals surface area contributed by atoms with Crippen LogP contribution in [0.4, 0.5) is 11.6 Å². The number of halogens is 1. The molecule has 2 N–H and O–H groups in total. The molecule has 5 rings (SSSR count). The van der Waals surface area contributed by atoms with E-state index in [0.29, 0.717) is 16.5 Å². The number of hydrogen-bond donors (Lipinski definition) is 2. The average Bonchev–Trinajstić information content (AvgIpc) is 3.57. The van der Waals surface area contributed by atoms with Crippen LogP contribution < -0.4 is 21.4 Å². The zero-order chi connectivity index (χ0) is 25.9. The third-order valence-electron chi connectivity index (χ3n) is 4.99. The molecule has 0 aliphatic rings. The number of rotatable bonds is 8. The van der Waals surface area contributed by atoms with E-state index in [4.69, 9.17) is 26.0 Å². The Hall–Kier alpha value is -4.75. The standard InChI is InChI=1S/C23H15ClN6O6S/c24-14-3-1-13(2-4-14)12-29-20(27-21(33)30(23(29)34)18-9-10-35-28-18)26-15-5-7-16(8-6-15)36-22-25-11-17(37-22)19(31)32/h1-11H,12H2,(H,31,32)(H,26,27,33). The van der Waals surface area contributed by atoms with Crippen molar-refractivity contribution in [2.75, 3.05) is 5.32 Å². The van der Waals surface area contributed by atoms with Crippen LogP contribution in [0.25, 0.3) is 5.82 Å². The molecule has 0 unspecified atom stereocenters. The number of carbonyl (C=O) groups is 1. The van der Waals surface area contributed by atoms with Crippen molar-refractivity contribution in [1.82, 2.24) is 24.3 Å². The molecular weight excluding hydrogens is 524 g/mol. The second kappa shape index (κ2) is 10.1. The predicted octanol–water partition coefficient (Wildman–Crippen LogP) is 3.77. The van der Waals surface area contributed by atoms with Crippen LogP contribution in [-0.4, -0.2) is 35.3 Å². The number of aromatic nitrogens is 5. The van der Waals surface area contributed by atoms with E-state index in [1.165, 1.54) is 23.1 Å². The molecule has 37 heavy (non-hydrogen) atoms. The van der Waals surface area contributed by atoms with Crippen LogP contribution in [0.5, 0.6) is 10.9 Å². The number of hydrogen-bond acceptors (Lipinski definition) is 10. The van der Waals surface area contributed by atoms with Gasteiger partial charge in [0.25, 0.3) is 5.19 Å². The van der Waals surface area contributed by atoms with Gasteiger partial charge in [0, 0.05) is 16.8 Å². The van der Waals surface area contributed by atoms with Crippen LogP contribution in [-0.2, 0) is 6.54 Å². The molecule has 0 saturated heterocycles. The normalized spacial score (nSPS) is 10.8. The Labute approximate surface area is 216 Å². The summed E-state index contributed by atoms with van der Waals surface area (Å²) in [7, 11) is 0. The summed E-state index contributed by atoms with van der Waals surface area (Å²) in [4.78, 5) is 45.1. The first-order valence-electron chi connectivity index (χ1n) is 10.5. The summed E-state index contributed by atoms with van der Waals surface area (Å²) in [6.07, 6.45) is 2.46. The van der Waals surface area contributed by atoms with E-state index in [1.54, 1.807) is 48.5 Å². The maximum Gasteiger partial charge on any atom is 0.360 e. The Morgan fingerprint density at radius 1 is 1.11 bits per heavy atom. The van der Waals surface area contributed by atoms with Crippen LogP contribution in [0.1, 0.15) is 15.2 Å². The summed E-state index contributed by atoms with van der Waals surface area (Å²) in [5.41, 5.74) is -0.265. The van der Waals surface area contributed by atoms with Crippen LogP contribution in [0.3, 0.4) is 0 Å². The number of anilines is 2. The number of benzene rings is 2. The number of thiazole rings is 1. The van der Waals surface area contributed by atoms with E-state index >= 15 is 0 Å².